The van der Waals surface area contributed by atoms with Crippen LogP contribution in [0.2, 0.25) is 0 Å². The van der Waals surface area contributed by atoms with Gasteiger partial charge in [-0.3, -0.25) is 0 Å². The topological polar surface area (TPSA) is 76.0 Å². The minimum atomic E-state index is -0.531. The summed E-state index contributed by atoms with van der Waals surface area (Å²) in [7, 11) is 0. The summed E-state index contributed by atoms with van der Waals surface area (Å²) in [6, 6.07) is 4.73. The molecule has 1 aromatic carbocycles. The molecule has 1 rings (SSSR count). The Balaban J connectivity index is 2.53. The monoisotopic (exact) mass is 314 g/mol. The number of phenols is 1. The molecule has 0 radical (unpaired) electrons. The molecule has 0 bridgehead atoms. The summed E-state index contributed by atoms with van der Waals surface area (Å²) in [4.78, 5) is 11.5. The number of phenolic OH excluding ortho intramolecular Hbond substituents is 1. The number of carbonyl (C=O) groups is 1. The number of aryl methyl sites for hydroxylation is 1. The van der Waals surface area contributed by atoms with E-state index in [0.29, 0.717) is 17.4 Å². The number of esters is 1. The summed E-state index contributed by atoms with van der Waals surface area (Å²) in [5.74, 6) is 0.949. The van der Waals surface area contributed by atoms with Crippen LogP contribution in [0.4, 0.5) is 0 Å². The minimum absolute atomic E-state index is 0.0996. The molecule has 0 heterocycles. The molecule has 0 amide bonds. The first kappa shape index (κ1) is 17.8. The number of aliphatic hydroxyl groups is 1. The van der Waals surface area contributed by atoms with Gasteiger partial charge in [0.15, 0.2) is 0 Å². The van der Waals surface area contributed by atoms with Crippen molar-refractivity contribution < 1.29 is 24.5 Å². The van der Waals surface area contributed by atoms with Gasteiger partial charge in [-0.25, -0.2) is 4.79 Å². The summed E-state index contributed by atoms with van der Waals surface area (Å²) >= 11 is 1.81. The summed E-state index contributed by atoms with van der Waals surface area (Å²) in [5.41, 5.74) is 0.754. The van der Waals surface area contributed by atoms with Gasteiger partial charge in [0.05, 0.1) is 13.2 Å². The van der Waals surface area contributed by atoms with Crippen LogP contribution >= 0.6 is 11.8 Å². The van der Waals surface area contributed by atoms with Crippen molar-refractivity contribution in [3.05, 3.63) is 23.8 Å². The maximum atomic E-state index is 11.5. The van der Waals surface area contributed by atoms with Crippen molar-refractivity contribution in [2.75, 3.05) is 25.6 Å². The Labute approximate surface area is 129 Å². The number of aromatic hydroxyl groups is 1. The number of thioether (sulfide) groups is 1. The zero-order valence-electron chi connectivity index (χ0n) is 12.4. The van der Waals surface area contributed by atoms with Crippen molar-refractivity contribution in [3.63, 3.8) is 0 Å². The van der Waals surface area contributed by atoms with Gasteiger partial charge < -0.3 is 19.7 Å². The first-order valence-electron chi connectivity index (χ1n) is 6.85. The molecular weight excluding hydrogens is 292 g/mol. The second-order valence-electron chi connectivity index (χ2n) is 4.71. The summed E-state index contributed by atoms with van der Waals surface area (Å²) in [6.07, 6.45) is 0.709. The second kappa shape index (κ2) is 9.65. The van der Waals surface area contributed by atoms with Crippen LogP contribution in [0.25, 0.3) is 0 Å². The van der Waals surface area contributed by atoms with E-state index in [0.717, 1.165) is 11.3 Å². The lowest BCUT2D eigenvalue weighted by atomic mass is 10.1. The van der Waals surface area contributed by atoms with Crippen LogP contribution in [0.15, 0.2) is 18.2 Å². The smallest absolute Gasteiger partial charge is 0.337 e. The van der Waals surface area contributed by atoms with Crippen molar-refractivity contribution in [3.8, 4) is 11.5 Å². The molecule has 0 saturated carbocycles. The second-order valence-corrected chi connectivity index (χ2v) is 6.39. The maximum absolute atomic E-state index is 11.5. The number of rotatable bonds is 9. The van der Waals surface area contributed by atoms with Crippen molar-refractivity contribution in [1.82, 2.24) is 0 Å². The number of aliphatic hydroxyl groups excluding tert-OH is 1. The van der Waals surface area contributed by atoms with Crippen LogP contribution in [0.3, 0.4) is 0 Å². The van der Waals surface area contributed by atoms with Gasteiger partial charge in [0.1, 0.15) is 18.1 Å². The zero-order chi connectivity index (χ0) is 15.7. The highest BCUT2D eigenvalue weighted by atomic mass is 32.2. The molecule has 0 aliphatic rings. The van der Waals surface area contributed by atoms with Crippen LogP contribution < -0.4 is 4.74 Å². The average molecular weight is 314 g/mol. The molecule has 21 heavy (non-hydrogen) atoms. The van der Waals surface area contributed by atoms with Crippen molar-refractivity contribution in [1.29, 1.82) is 0 Å². The van der Waals surface area contributed by atoms with Crippen LogP contribution in [-0.2, 0) is 16.0 Å². The van der Waals surface area contributed by atoms with Gasteiger partial charge in [-0.05, 0) is 41.2 Å². The molecule has 0 saturated heterocycles. The highest BCUT2D eigenvalue weighted by Crippen LogP contribution is 2.25. The van der Waals surface area contributed by atoms with Gasteiger partial charge in [-0.15, -0.1) is 0 Å². The van der Waals surface area contributed by atoms with E-state index in [1.165, 1.54) is 6.07 Å². The van der Waals surface area contributed by atoms with E-state index in [2.05, 4.69) is 13.8 Å². The average Bonchev–Trinajstić information content (AvgIpc) is 2.42. The number of carbonyl (C=O) groups excluding carboxylic acids is 1. The third kappa shape index (κ3) is 7.36. The Bertz CT molecular complexity index is 448. The largest absolute Gasteiger partial charge is 0.508 e. The molecule has 1 aromatic rings. The van der Waals surface area contributed by atoms with E-state index in [4.69, 9.17) is 14.6 Å². The van der Waals surface area contributed by atoms with Crippen molar-refractivity contribution in [2.24, 2.45) is 0 Å². The van der Waals surface area contributed by atoms with E-state index < -0.39 is 5.97 Å². The van der Waals surface area contributed by atoms with Crippen molar-refractivity contribution in [2.45, 2.75) is 25.5 Å². The van der Waals surface area contributed by atoms with Gasteiger partial charge in [-0.2, -0.15) is 11.8 Å². The molecule has 0 aromatic heterocycles. The molecule has 6 heteroatoms. The Kier molecular flexibility index (Phi) is 8.19. The van der Waals surface area contributed by atoms with Crippen LogP contribution in [0, 0.1) is 0 Å². The van der Waals surface area contributed by atoms with Crippen LogP contribution in [0.5, 0.6) is 11.5 Å². The third-order valence-corrected chi connectivity index (χ3v) is 3.67. The fourth-order valence-electron chi connectivity index (χ4n) is 1.61. The number of benzene rings is 1. The van der Waals surface area contributed by atoms with Crippen LogP contribution in [0.1, 0.15) is 19.4 Å². The van der Waals surface area contributed by atoms with Crippen molar-refractivity contribution >= 4 is 17.7 Å². The number of ether oxygens (including phenoxy) is 2. The summed E-state index contributed by atoms with van der Waals surface area (Å²) in [6.45, 7) is 4.00. The Morgan fingerprint density at radius 2 is 2.14 bits per heavy atom. The molecule has 0 unspecified atom stereocenters. The molecule has 0 atom stereocenters. The standard InChI is InChI=1S/C15H22O5S/c1-11(2)21-8-5-12-9-13(3-4-14(12)17)20-15(18)10-19-7-6-16/h3-4,9,11,16-17H,5-8,10H2,1-2H3. The SMILES string of the molecule is CC(C)SCCc1cc(OC(=O)COCCO)ccc1O. The molecule has 0 fully saturated rings. The van der Waals surface area contributed by atoms with E-state index >= 15 is 0 Å². The lowest BCUT2D eigenvalue weighted by Gasteiger charge is -2.09. The molecular formula is C15H22O5S. The lowest BCUT2D eigenvalue weighted by molar-refractivity contribution is -0.139. The molecule has 5 nitrogen and oxygen atoms in total. The Morgan fingerprint density at radius 3 is 2.81 bits per heavy atom. The zero-order valence-corrected chi connectivity index (χ0v) is 13.2. The van der Waals surface area contributed by atoms with Gasteiger partial charge in [-0.1, -0.05) is 13.8 Å². The molecule has 0 spiro atoms. The van der Waals surface area contributed by atoms with Crippen LogP contribution in [-0.4, -0.2) is 47.0 Å². The van der Waals surface area contributed by atoms with E-state index in [1.54, 1.807) is 23.9 Å². The quantitative estimate of drug-likeness (QED) is 0.412. The minimum Gasteiger partial charge on any atom is -0.508 e. The lowest BCUT2D eigenvalue weighted by Crippen LogP contribution is -2.17. The maximum Gasteiger partial charge on any atom is 0.337 e. The molecule has 2 N–H and O–H groups in total. The predicted molar refractivity (Wildman–Crippen MR) is 82.9 cm³/mol. The summed E-state index contributed by atoms with van der Waals surface area (Å²) in [5, 5.41) is 18.9. The molecule has 0 aliphatic carbocycles. The van der Waals surface area contributed by atoms with Gasteiger partial charge in [0.2, 0.25) is 0 Å². The van der Waals surface area contributed by atoms with Gasteiger partial charge in [0, 0.05) is 0 Å². The van der Waals surface area contributed by atoms with E-state index in [1.807, 2.05) is 0 Å². The summed E-state index contributed by atoms with van der Waals surface area (Å²) < 4.78 is 10.0. The Hall–Kier alpha value is -1.24. The highest BCUT2D eigenvalue weighted by molar-refractivity contribution is 7.99. The normalized spacial score (nSPS) is 10.9. The molecule has 0 aliphatic heterocycles. The third-order valence-electron chi connectivity index (χ3n) is 2.56. The fourth-order valence-corrected chi connectivity index (χ4v) is 2.42. The molecule has 118 valence electrons. The predicted octanol–water partition coefficient (Wildman–Crippen LogP) is 1.99. The van der Waals surface area contributed by atoms with Gasteiger partial charge in [0.25, 0.3) is 0 Å². The van der Waals surface area contributed by atoms with E-state index in [-0.39, 0.29) is 25.6 Å². The van der Waals surface area contributed by atoms with E-state index in [9.17, 15) is 9.90 Å². The van der Waals surface area contributed by atoms with Gasteiger partial charge >= 0.3 is 5.97 Å². The fraction of sp³-hybridized carbons (Fsp3) is 0.533. The Morgan fingerprint density at radius 1 is 1.38 bits per heavy atom. The first-order chi connectivity index (χ1) is 10.0. The number of hydrogen-bond acceptors (Lipinski definition) is 6. The highest BCUT2D eigenvalue weighted by Gasteiger charge is 2.09. The first-order valence-corrected chi connectivity index (χ1v) is 7.90. The number of hydrogen-bond donors (Lipinski definition) is 2.